The minimum atomic E-state index is -0.792. The van der Waals surface area contributed by atoms with E-state index in [0.29, 0.717) is 32.8 Å². The molecule has 3 aromatic heterocycles. The van der Waals surface area contributed by atoms with Gasteiger partial charge in [0.25, 0.3) is 5.91 Å². The molecule has 0 radical (unpaired) electrons. The van der Waals surface area contributed by atoms with Crippen LogP contribution in [0.3, 0.4) is 0 Å². The molecule has 0 aliphatic heterocycles. The van der Waals surface area contributed by atoms with Crippen LogP contribution in [0.4, 0.5) is 22.0 Å². The van der Waals surface area contributed by atoms with Crippen molar-refractivity contribution < 1.29 is 23.9 Å². The van der Waals surface area contributed by atoms with Crippen LogP contribution in [0.2, 0.25) is 0 Å². The number of pyridine rings is 1. The van der Waals surface area contributed by atoms with Gasteiger partial charge in [-0.25, -0.2) is 14.8 Å². The fraction of sp³-hybridized carbons (Fsp3) is 0.259. The van der Waals surface area contributed by atoms with Crippen LogP contribution in [0, 0.1) is 11.3 Å². The van der Waals surface area contributed by atoms with E-state index >= 15 is 0 Å². The molecule has 3 amide bonds. The van der Waals surface area contributed by atoms with Crippen molar-refractivity contribution in [2.45, 2.75) is 38.8 Å². The second-order valence-corrected chi connectivity index (χ2v) is 11.1. The molecule has 0 fully saturated rings. The van der Waals surface area contributed by atoms with Gasteiger partial charge >= 0.3 is 6.09 Å². The third kappa shape index (κ3) is 6.18. The summed E-state index contributed by atoms with van der Waals surface area (Å²) in [4.78, 5) is 49.2. The van der Waals surface area contributed by atoms with E-state index in [2.05, 4.69) is 31.7 Å². The van der Waals surface area contributed by atoms with E-state index in [-0.39, 0.29) is 34.1 Å². The zero-order valence-corrected chi connectivity index (χ0v) is 24.0. The van der Waals surface area contributed by atoms with Crippen LogP contribution in [0.25, 0.3) is 21.3 Å². The molecular weight excluding hydrogens is 562 g/mol. The van der Waals surface area contributed by atoms with Crippen LogP contribution in [0.5, 0.6) is 5.75 Å². The molecule has 0 saturated carbocycles. The number of nitriles is 1. The third-order valence-corrected chi connectivity index (χ3v) is 7.09. The van der Waals surface area contributed by atoms with Crippen molar-refractivity contribution in [3.05, 3.63) is 46.9 Å². The Bertz CT molecular complexity index is 1720. The van der Waals surface area contributed by atoms with Gasteiger partial charge < -0.3 is 42.3 Å². The van der Waals surface area contributed by atoms with E-state index in [1.807, 2.05) is 0 Å². The van der Waals surface area contributed by atoms with Gasteiger partial charge in [0.1, 0.15) is 38.5 Å². The highest BCUT2D eigenvalue weighted by Crippen LogP contribution is 2.44. The fourth-order valence-electron chi connectivity index (χ4n) is 4.25. The number of nitrogen functional groups attached to an aromatic ring is 2. The monoisotopic (exact) mass is 591 g/mol. The number of nitrogens with two attached hydrogens (primary N) is 3. The summed E-state index contributed by atoms with van der Waals surface area (Å²) in [5.41, 5.74) is 18.7. The number of fused-ring (bicyclic) bond motifs is 1. The average Bonchev–Trinajstić information content (AvgIpc) is 3.55. The SMILES string of the molecule is COc1ccc(-c2c(C#N)c(N)nc3sc(C(N)=O)c(N)c23)cc1NC(=O)C[C@H](NC(=O)OC(C)(C)C)c1cnc[nH]1. The molecular formula is C27H29N9O5S. The topological polar surface area (TPSA) is 237 Å². The standard InChI is InChI=1S/C27H29N9O5S/c1-27(2,3)41-26(39)35-14(16-10-32-11-33-16)8-18(37)34-15-7-12(5-6-17(15)40-4)19-13(9-28)23(30)36-25-20(19)21(29)22(42-25)24(31)38/h5-7,10-11,14H,8,29H2,1-4H3,(H2,30,36)(H2,31,38)(H,32,33)(H,34,37)(H,35,39)/t14-/m0/s1. The third-order valence-electron chi connectivity index (χ3n) is 5.98. The lowest BCUT2D eigenvalue weighted by Gasteiger charge is -2.23. The Hall–Kier alpha value is -5.36. The highest BCUT2D eigenvalue weighted by Gasteiger charge is 2.26. The van der Waals surface area contributed by atoms with Crippen LogP contribution in [0.15, 0.2) is 30.7 Å². The first-order chi connectivity index (χ1) is 19.8. The Morgan fingerprint density at radius 3 is 2.57 bits per heavy atom. The molecule has 0 bridgehead atoms. The summed E-state index contributed by atoms with van der Waals surface area (Å²) in [5, 5.41) is 15.8. The van der Waals surface area contributed by atoms with E-state index < -0.39 is 29.6 Å². The number of aromatic nitrogens is 3. The first-order valence-electron chi connectivity index (χ1n) is 12.5. The molecule has 0 aliphatic rings. The number of nitrogens with one attached hydrogen (secondary N) is 3. The molecule has 9 N–H and O–H groups in total. The number of rotatable bonds is 8. The molecule has 0 saturated heterocycles. The Kier molecular flexibility index (Phi) is 8.20. The zero-order valence-electron chi connectivity index (χ0n) is 23.2. The highest BCUT2D eigenvalue weighted by molar-refractivity contribution is 7.21. The van der Waals surface area contributed by atoms with Gasteiger partial charge in [0.05, 0.1) is 49.2 Å². The van der Waals surface area contributed by atoms with Gasteiger partial charge in [-0.15, -0.1) is 11.3 Å². The van der Waals surface area contributed by atoms with E-state index in [1.54, 1.807) is 39.0 Å². The van der Waals surface area contributed by atoms with Crippen molar-refractivity contribution in [1.29, 1.82) is 5.26 Å². The Labute approximate surface area is 244 Å². The predicted octanol–water partition coefficient (Wildman–Crippen LogP) is 3.42. The zero-order chi connectivity index (χ0) is 30.8. The smallest absolute Gasteiger partial charge is 0.408 e. The maximum atomic E-state index is 13.3. The average molecular weight is 592 g/mol. The second kappa shape index (κ2) is 11.6. The predicted molar refractivity (Wildman–Crippen MR) is 158 cm³/mol. The summed E-state index contributed by atoms with van der Waals surface area (Å²) in [6, 6.07) is 6.09. The summed E-state index contributed by atoms with van der Waals surface area (Å²) >= 11 is 0.963. The molecule has 0 aliphatic carbocycles. The molecule has 218 valence electrons. The number of thiophene rings is 1. The lowest BCUT2D eigenvalue weighted by atomic mass is 9.96. The maximum Gasteiger partial charge on any atom is 0.408 e. The molecule has 0 spiro atoms. The molecule has 3 heterocycles. The molecule has 1 aromatic carbocycles. The van der Waals surface area contributed by atoms with Crippen molar-refractivity contribution >= 4 is 56.7 Å². The van der Waals surface area contributed by atoms with Crippen LogP contribution in [-0.4, -0.2) is 45.6 Å². The number of H-pyrrole nitrogens is 1. The summed E-state index contributed by atoms with van der Waals surface area (Å²) in [7, 11) is 1.43. The fourth-order valence-corrected chi connectivity index (χ4v) is 5.21. The van der Waals surface area contributed by atoms with Crippen LogP contribution in [0.1, 0.15) is 54.2 Å². The summed E-state index contributed by atoms with van der Waals surface area (Å²) in [5.74, 6) is -0.965. The van der Waals surface area contributed by atoms with Gasteiger partial charge in [-0.05, 0) is 38.5 Å². The van der Waals surface area contributed by atoms with Gasteiger partial charge in [-0.2, -0.15) is 5.26 Å². The Morgan fingerprint density at radius 1 is 1.24 bits per heavy atom. The maximum absolute atomic E-state index is 13.3. The van der Waals surface area contributed by atoms with Crippen molar-refractivity contribution in [3.8, 4) is 22.9 Å². The number of hydrogen-bond donors (Lipinski definition) is 6. The van der Waals surface area contributed by atoms with Crippen molar-refractivity contribution in [2.75, 3.05) is 23.9 Å². The summed E-state index contributed by atoms with van der Waals surface area (Å²) in [6.07, 6.45) is 2.02. The number of imidazole rings is 1. The molecule has 1 atom stereocenters. The Balaban J connectivity index is 1.71. The number of amides is 3. The van der Waals surface area contributed by atoms with Crippen molar-refractivity contribution in [2.24, 2.45) is 5.73 Å². The number of hydrogen-bond acceptors (Lipinski definition) is 11. The number of nitrogens with zero attached hydrogens (tertiary/aromatic N) is 3. The lowest BCUT2D eigenvalue weighted by Crippen LogP contribution is -2.36. The first-order valence-corrected chi connectivity index (χ1v) is 13.3. The number of aromatic amines is 1. The molecule has 15 heteroatoms. The van der Waals surface area contributed by atoms with E-state index in [9.17, 15) is 19.6 Å². The Morgan fingerprint density at radius 2 is 1.98 bits per heavy atom. The number of alkyl carbamates (subject to hydrolysis) is 1. The van der Waals surface area contributed by atoms with Gasteiger partial charge in [-0.1, -0.05) is 6.07 Å². The number of methoxy groups -OCH3 is 1. The highest BCUT2D eigenvalue weighted by atomic mass is 32.1. The number of benzene rings is 1. The lowest BCUT2D eigenvalue weighted by molar-refractivity contribution is -0.116. The molecule has 0 unspecified atom stereocenters. The van der Waals surface area contributed by atoms with E-state index in [1.165, 1.54) is 19.6 Å². The van der Waals surface area contributed by atoms with E-state index in [4.69, 9.17) is 26.7 Å². The van der Waals surface area contributed by atoms with E-state index in [0.717, 1.165) is 11.3 Å². The van der Waals surface area contributed by atoms with Crippen LogP contribution < -0.4 is 32.6 Å². The van der Waals surface area contributed by atoms with Gasteiger partial charge in [0.2, 0.25) is 5.91 Å². The van der Waals surface area contributed by atoms with Crippen LogP contribution in [-0.2, 0) is 9.53 Å². The largest absolute Gasteiger partial charge is 0.495 e. The summed E-state index contributed by atoms with van der Waals surface area (Å²) in [6.45, 7) is 5.18. The molecule has 4 rings (SSSR count). The number of anilines is 3. The van der Waals surface area contributed by atoms with Crippen molar-refractivity contribution in [3.63, 3.8) is 0 Å². The number of primary amides is 1. The van der Waals surface area contributed by atoms with Gasteiger partial charge in [0.15, 0.2) is 0 Å². The van der Waals surface area contributed by atoms with Crippen LogP contribution >= 0.6 is 11.3 Å². The number of ether oxygens (including phenoxy) is 2. The number of carbonyl (C=O) groups excluding carboxylic acids is 3. The normalized spacial score (nSPS) is 11.9. The molecule has 4 aromatic rings. The number of carbonyl (C=O) groups is 3. The minimum Gasteiger partial charge on any atom is -0.495 e. The minimum absolute atomic E-state index is 0.0336. The van der Waals surface area contributed by atoms with Gasteiger partial charge in [0, 0.05) is 10.9 Å². The molecule has 42 heavy (non-hydrogen) atoms. The first kappa shape index (κ1) is 29.6. The second-order valence-electron chi connectivity index (χ2n) is 10.1. The summed E-state index contributed by atoms with van der Waals surface area (Å²) < 4.78 is 10.8. The van der Waals surface area contributed by atoms with Gasteiger partial charge in [-0.3, -0.25) is 9.59 Å². The van der Waals surface area contributed by atoms with Crippen molar-refractivity contribution in [1.82, 2.24) is 20.3 Å². The quantitative estimate of drug-likeness (QED) is 0.174. The molecule has 14 nitrogen and oxygen atoms in total.